The average molecular weight is 316 g/mol. The molecule has 0 saturated carbocycles. The molecule has 0 amide bonds. The van der Waals surface area contributed by atoms with E-state index in [2.05, 4.69) is 5.10 Å². The molecule has 0 unspecified atom stereocenters. The Morgan fingerprint density at radius 1 is 1.33 bits per heavy atom. The van der Waals surface area contributed by atoms with Crippen molar-refractivity contribution in [2.24, 2.45) is 5.73 Å². The molecule has 1 heterocycles. The van der Waals surface area contributed by atoms with Crippen LogP contribution < -0.4 is 10.5 Å². The van der Waals surface area contributed by atoms with Gasteiger partial charge in [-0.2, -0.15) is 5.10 Å². The van der Waals surface area contributed by atoms with Gasteiger partial charge in [0.2, 0.25) is 0 Å². The quantitative estimate of drug-likeness (QED) is 0.841. The summed E-state index contributed by atoms with van der Waals surface area (Å²) in [6.45, 7) is 0.926. The van der Waals surface area contributed by atoms with Gasteiger partial charge in [-0.3, -0.25) is 9.40 Å². The van der Waals surface area contributed by atoms with E-state index in [0.29, 0.717) is 19.5 Å². The molecule has 114 valence electrons. The number of aromatic nitrogens is 2. The third-order valence-corrected chi connectivity index (χ3v) is 4.00. The smallest absolute Gasteiger partial charge is 0.265 e. The molecule has 0 atom stereocenters. The van der Waals surface area contributed by atoms with E-state index in [1.54, 1.807) is 0 Å². The van der Waals surface area contributed by atoms with E-state index in [1.807, 2.05) is 4.72 Å². The Bertz CT molecular complexity index is 731. The highest BCUT2D eigenvalue weighted by atomic mass is 32.2. The molecule has 0 saturated heterocycles. The first kappa shape index (κ1) is 15.4. The molecule has 0 aliphatic carbocycles. The molecular weight excluding hydrogens is 302 g/mol. The van der Waals surface area contributed by atoms with Crippen LogP contribution in [0.15, 0.2) is 35.5 Å². The monoisotopic (exact) mass is 316 g/mol. The molecule has 2 aromatic rings. The number of nitrogens with two attached hydrogens (primary N) is 1. The van der Waals surface area contributed by atoms with Crippen molar-refractivity contribution < 1.29 is 17.2 Å². The Morgan fingerprint density at radius 3 is 2.81 bits per heavy atom. The van der Waals surface area contributed by atoms with Crippen LogP contribution in [-0.4, -0.2) is 24.7 Å². The highest BCUT2D eigenvalue weighted by Gasteiger charge is 2.18. The van der Waals surface area contributed by atoms with Gasteiger partial charge in [-0.1, -0.05) is 0 Å². The van der Waals surface area contributed by atoms with Gasteiger partial charge in [-0.15, -0.1) is 0 Å². The predicted molar refractivity (Wildman–Crippen MR) is 73.1 cm³/mol. The fourth-order valence-corrected chi connectivity index (χ4v) is 2.65. The lowest BCUT2D eigenvalue weighted by Gasteiger charge is -2.07. The summed E-state index contributed by atoms with van der Waals surface area (Å²) in [6.07, 6.45) is 3.08. The maximum atomic E-state index is 13.5. The topological polar surface area (TPSA) is 90.0 Å². The van der Waals surface area contributed by atoms with Gasteiger partial charge >= 0.3 is 0 Å². The molecule has 0 aliphatic heterocycles. The van der Waals surface area contributed by atoms with Gasteiger partial charge in [0.25, 0.3) is 10.0 Å². The van der Waals surface area contributed by atoms with Crippen molar-refractivity contribution in [3.05, 3.63) is 42.2 Å². The fourth-order valence-electron chi connectivity index (χ4n) is 1.64. The van der Waals surface area contributed by atoms with E-state index < -0.39 is 27.3 Å². The first-order valence-electron chi connectivity index (χ1n) is 6.13. The van der Waals surface area contributed by atoms with Crippen LogP contribution in [0.2, 0.25) is 0 Å². The number of aryl methyl sites for hydroxylation is 1. The minimum absolute atomic E-state index is 0.136. The van der Waals surface area contributed by atoms with Gasteiger partial charge in [0, 0.05) is 18.8 Å². The van der Waals surface area contributed by atoms with E-state index in [9.17, 15) is 17.2 Å². The number of hydrogen-bond acceptors (Lipinski definition) is 4. The van der Waals surface area contributed by atoms with Crippen LogP contribution in [0.1, 0.15) is 6.42 Å². The molecule has 0 bridgehead atoms. The number of hydrogen-bond donors (Lipinski definition) is 2. The zero-order valence-corrected chi connectivity index (χ0v) is 11.8. The summed E-state index contributed by atoms with van der Waals surface area (Å²) in [4.78, 5) is -0.136. The minimum atomic E-state index is -4.03. The van der Waals surface area contributed by atoms with Crippen LogP contribution in [0.5, 0.6) is 0 Å². The SMILES string of the molecule is NCCCn1cc(S(=O)(=O)Nc2cc(F)ccc2F)cn1. The molecular formula is C12H14F2N4O2S. The Balaban J connectivity index is 2.22. The molecule has 1 aromatic heterocycles. The van der Waals surface area contributed by atoms with E-state index in [-0.39, 0.29) is 4.90 Å². The Morgan fingerprint density at radius 2 is 2.10 bits per heavy atom. The summed E-state index contributed by atoms with van der Waals surface area (Å²) >= 11 is 0. The second-order valence-electron chi connectivity index (χ2n) is 4.31. The summed E-state index contributed by atoms with van der Waals surface area (Å²) in [7, 11) is -4.03. The highest BCUT2D eigenvalue weighted by Crippen LogP contribution is 2.19. The van der Waals surface area contributed by atoms with Crippen LogP contribution in [-0.2, 0) is 16.6 Å². The van der Waals surface area contributed by atoms with Gasteiger partial charge in [0.1, 0.15) is 16.5 Å². The molecule has 21 heavy (non-hydrogen) atoms. The van der Waals surface area contributed by atoms with E-state index in [0.717, 1.165) is 24.4 Å². The lowest BCUT2D eigenvalue weighted by molar-refractivity contribution is 0.581. The second-order valence-corrected chi connectivity index (χ2v) is 5.99. The Labute approximate surface area is 120 Å². The van der Waals surface area contributed by atoms with Crippen molar-refractivity contribution in [2.45, 2.75) is 17.9 Å². The molecule has 1 aromatic carbocycles. The second kappa shape index (κ2) is 6.19. The van der Waals surface area contributed by atoms with Gasteiger partial charge < -0.3 is 5.73 Å². The summed E-state index contributed by atoms with van der Waals surface area (Å²) in [5.41, 5.74) is 4.90. The molecule has 0 fully saturated rings. The number of sulfonamides is 1. The van der Waals surface area contributed by atoms with Crippen LogP contribution in [0.4, 0.5) is 14.5 Å². The molecule has 3 N–H and O–H groups in total. The van der Waals surface area contributed by atoms with Gasteiger partial charge in [-0.05, 0) is 25.1 Å². The standard InChI is InChI=1S/C12H14F2N4O2S/c13-9-2-3-11(14)12(6-9)17-21(19,20)10-7-16-18(8-10)5-1-4-15/h2-3,6-8,17H,1,4-5,15H2. The van der Waals surface area contributed by atoms with Gasteiger partial charge in [0.05, 0.1) is 11.9 Å². The molecule has 9 heteroatoms. The minimum Gasteiger partial charge on any atom is -0.330 e. The number of anilines is 1. The molecule has 2 rings (SSSR count). The highest BCUT2D eigenvalue weighted by molar-refractivity contribution is 7.92. The summed E-state index contributed by atoms with van der Waals surface area (Å²) in [5, 5.41) is 3.88. The number of rotatable bonds is 6. The molecule has 0 radical (unpaired) electrons. The zero-order chi connectivity index (χ0) is 15.5. The summed E-state index contributed by atoms with van der Waals surface area (Å²) < 4.78 is 54.1. The third kappa shape index (κ3) is 3.76. The van der Waals surface area contributed by atoms with Crippen LogP contribution in [0.25, 0.3) is 0 Å². The van der Waals surface area contributed by atoms with Crippen LogP contribution >= 0.6 is 0 Å². The maximum absolute atomic E-state index is 13.5. The normalized spacial score (nSPS) is 11.6. The largest absolute Gasteiger partial charge is 0.330 e. The number of halogens is 2. The van der Waals surface area contributed by atoms with Crippen molar-refractivity contribution in [1.29, 1.82) is 0 Å². The van der Waals surface area contributed by atoms with Crippen molar-refractivity contribution in [3.8, 4) is 0 Å². The third-order valence-electron chi connectivity index (χ3n) is 2.68. The molecule has 0 spiro atoms. The zero-order valence-electron chi connectivity index (χ0n) is 11.0. The Hall–Kier alpha value is -2.00. The van der Waals surface area contributed by atoms with Gasteiger partial charge in [-0.25, -0.2) is 17.2 Å². The summed E-state index contributed by atoms with van der Waals surface area (Å²) in [5.74, 6) is -1.61. The first-order valence-corrected chi connectivity index (χ1v) is 7.61. The maximum Gasteiger partial charge on any atom is 0.265 e. The average Bonchev–Trinajstić information content (AvgIpc) is 2.90. The van der Waals surface area contributed by atoms with Gasteiger partial charge in [0.15, 0.2) is 0 Å². The van der Waals surface area contributed by atoms with Crippen molar-refractivity contribution in [3.63, 3.8) is 0 Å². The molecule has 0 aliphatic rings. The lowest BCUT2D eigenvalue weighted by Crippen LogP contribution is -2.13. The number of nitrogens with zero attached hydrogens (tertiary/aromatic N) is 2. The summed E-state index contributed by atoms with van der Waals surface area (Å²) in [6, 6.07) is 2.52. The van der Waals surface area contributed by atoms with Crippen molar-refractivity contribution >= 4 is 15.7 Å². The Kier molecular flexibility index (Phi) is 4.53. The van der Waals surface area contributed by atoms with Crippen molar-refractivity contribution in [1.82, 2.24) is 9.78 Å². The van der Waals surface area contributed by atoms with E-state index in [4.69, 9.17) is 5.73 Å². The number of benzene rings is 1. The fraction of sp³-hybridized carbons (Fsp3) is 0.250. The van der Waals surface area contributed by atoms with Crippen LogP contribution in [0, 0.1) is 11.6 Å². The molecule has 6 nitrogen and oxygen atoms in total. The lowest BCUT2D eigenvalue weighted by atomic mass is 10.3. The van der Waals surface area contributed by atoms with E-state index >= 15 is 0 Å². The first-order chi connectivity index (χ1) is 9.92. The van der Waals surface area contributed by atoms with E-state index in [1.165, 1.54) is 10.9 Å². The predicted octanol–water partition coefficient (Wildman–Crippen LogP) is 1.31. The van der Waals surface area contributed by atoms with Crippen LogP contribution in [0.3, 0.4) is 0 Å². The van der Waals surface area contributed by atoms with Crippen molar-refractivity contribution in [2.75, 3.05) is 11.3 Å². The number of nitrogens with one attached hydrogen (secondary N) is 1.